The Morgan fingerprint density at radius 2 is 2.08 bits per heavy atom. The summed E-state index contributed by atoms with van der Waals surface area (Å²) in [5.74, 6) is 1.40. The molecule has 0 aliphatic carbocycles. The van der Waals surface area contributed by atoms with E-state index < -0.39 is 0 Å². The molecule has 2 aliphatic heterocycles. The second-order valence-electron chi connectivity index (χ2n) is 7.44. The number of likely N-dealkylation sites (tertiary alicyclic amines) is 1. The fraction of sp³-hybridized carbons (Fsp3) is 0.381. The van der Waals surface area contributed by atoms with Crippen LogP contribution in [-0.4, -0.2) is 18.9 Å². The first-order valence-corrected chi connectivity index (χ1v) is 10.1. The molecule has 3 heterocycles. The smallest absolute Gasteiger partial charge is 0.232 e. The summed E-state index contributed by atoms with van der Waals surface area (Å²) >= 11 is 1.58. The third-order valence-corrected chi connectivity index (χ3v) is 6.44. The number of hydrogen-bond acceptors (Lipinski definition) is 4. The molecule has 0 bridgehead atoms. The summed E-state index contributed by atoms with van der Waals surface area (Å²) in [6, 6.07) is 5.14. The monoisotopic (exact) mass is 369 g/mol. The maximum atomic E-state index is 12.7. The predicted molar refractivity (Wildman–Crippen MR) is 101 cm³/mol. The van der Waals surface area contributed by atoms with Gasteiger partial charge in [0, 0.05) is 16.5 Å². The van der Waals surface area contributed by atoms with E-state index in [9.17, 15) is 9.90 Å². The molecular formula is C21H23NO3S. The minimum Gasteiger partial charge on any atom is -0.872 e. The molecule has 136 valence electrons. The molecule has 26 heavy (non-hydrogen) atoms. The van der Waals surface area contributed by atoms with Crippen LogP contribution in [-0.2, 0) is 6.54 Å². The van der Waals surface area contributed by atoms with Crippen molar-refractivity contribution in [1.82, 2.24) is 0 Å². The molecule has 1 aromatic carbocycles. The van der Waals surface area contributed by atoms with E-state index in [2.05, 4.69) is 6.92 Å². The van der Waals surface area contributed by atoms with Gasteiger partial charge in [0.15, 0.2) is 5.76 Å². The van der Waals surface area contributed by atoms with E-state index in [4.69, 9.17) is 4.74 Å². The van der Waals surface area contributed by atoms with Crippen LogP contribution in [0.5, 0.6) is 11.5 Å². The summed E-state index contributed by atoms with van der Waals surface area (Å²) in [6.07, 6.45) is 4.16. The van der Waals surface area contributed by atoms with Crippen LogP contribution in [0, 0.1) is 12.8 Å². The maximum absolute atomic E-state index is 12.7. The fourth-order valence-electron chi connectivity index (χ4n) is 3.71. The van der Waals surface area contributed by atoms with Gasteiger partial charge >= 0.3 is 0 Å². The lowest BCUT2D eigenvalue weighted by atomic mass is 9.98. The second kappa shape index (κ2) is 6.89. The molecule has 1 fully saturated rings. The van der Waals surface area contributed by atoms with E-state index in [1.165, 1.54) is 23.8 Å². The Balaban J connectivity index is 1.63. The molecule has 0 atom stereocenters. The highest BCUT2D eigenvalue weighted by Crippen LogP contribution is 2.38. The largest absolute Gasteiger partial charge is 0.872 e. The molecule has 5 heteroatoms. The van der Waals surface area contributed by atoms with Gasteiger partial charge in [0.05, 0.1) is 18.7 Å². The molecule has 1 aromatic heterocycles. The first-order valence-electron chi connectivity index (χ1n) is 9.17. The summed E-state index contributed by atoms with van der Waals surface area (Å²) in [6.45, 7) is 7.05. The van der Waals surface area contributed by atoms with Gasteiger partial charge in [-0.05, 0) is 48.8 Å². The number of carbonyl (C=O) groups is 1. The van der Waals surface area contributed by atoms with Crippen LogP contribution in [0.15, 0.2) is 29.3 Å². The van der Waals surface area contributed by atoms with E-state index in [0.29, 0.717) is 29.2 Å². The van der Waals surface area contributed by atoms with Crippen molar-refractivity contribution in [1.29, 1.82) is 0 Å². The summed E-state index contributed by atoms with van der Waals surface area (Å²) in [5, 5.41) is 14.5. The van der Waals surface area contributed by atoms with Crippen LogP contribution in [0.2, 0.25) is 0 Å². The summed E-state index contributed by atoms with van der Waals surface area (Å²) in [4.78, 5) is 15.1. The Hall–Kier alpha value is -2.11. The number of rotatable bonds is 3. The van der Waals surface area contributed by atoms with Crippen LogP contribution in [0.4, 0.5) is 0 Å². The number of hydrogen-bond donors (Lipinski definition) is 1. The Morgan fingerprint density at radius 3 is 2.77 bits per heavy atom. The van der Waals surface area contributed by atoms with E-state index >= 15 is 0 Å². The Bertz CT molecular complexity index is 875. The van der Waals surface area contributed by atoms with Crippen molar-refractivity contribution in [2.75, 3.05) is 13.1 Å². The lowest BCUT2D eigenvalue weighted by Gasteiger charge is -2.29. The molecule has 0 spiro atoms. The third kappa shape index (κ3) is 3.17. The highest BCUT2D eigenvalue weighted by molar-refractivity contribution is 7.11. The van der Waals surface area contributed by atoms with Crippen molar-refractivity contribution in [2.24, 2.45) is 5.92 Å². The molecule has 2 aliphatic rings. The molecule has 2 aromatic rings. The van der Waals surface area contributed by atoms with Crippen molar-refractivity contribution >= 4 is 23.2 Å². The van der Waals surface area contributed by atoms with E-state index in [0.717, 1.165) is 29.4 Å². The second-order valence-corrected chi connectivity index (χ2v) is 8.38. The fourth-order valence-corrected chi connectivity index (χ4v) is 4.55. The summed E-state index contributed by atoms with van der Waals surface area (Å²) in [7, 11) is 0. The SMILES string of the molecule is Cc1ccsc1/C=C1\Oc2c(ccc([O-])c2C[NH+]2CCC(C)CC2)C1=O. The van der Waals surface area contributed by atoms with Gasteiger partial charge in [-0.1, -0.05) is 18.7 Å². The van der Waals surface area contributed by atoms with Gasteiger partial charge < -0.3 is 14.7 Å². The zero-order valence-electron chi connectivity index (χ0n) is 15.1. The number of nitrogens with one attached hydrogen (secondary N) is 1. The lowest BCUT2D eigenvalue weighted by Crippen LogP contribution is -3.11. The van der Waals surface area contributed by atoms with Crippen molar-refractivity contribution < 1.29 is 19.5 Å². The van der Waals surface area contributed by atoms with Gasteiger partial charge in [0.2, 0.25) is 5.78 Å². The summed E-state index contributed by atoms with van der Waals surface area (Å²) < 4.78 is 5.93. The Morgan fingerprint density at radius 1 is 1.31 bits per heavy atom. The molecule has 0 unspecified atom stereocenters. The van der Waals surface area contributed by atoms with Crippen molar-refractivity contribution in [3.05, 3.63) is 50.9 Å². The van der Waals surface area contributed by atoms with Gasteiger partial charge in [0.25, 0.3) is 0 Å². The molecule has 4 rings (SSSR count). The van der Waals surface area contributed by atoms with Crippen LogP contribution in [0.3, 0.4) is 0 Å². The summed E-state index contributed by atoms with van der Waals surface area (Å²) in [5.41, 5.74) is 2.28. The molecule has 0 saturated carbocycles. The number of carbonyl (C=O) groups excluding carboxylic acids is 1. The van der Waals surface area contributed by atoms with Crippen LogP contribution in [0.25, 0.3) is 6.08 Å². The first kappa shape index (κ1) is 17.3. The van der Waals surface area contributed by atoms with Gasteiger partial charge in [-0.3, -0.25) is 4.79 Å². The van der Waals surface area contributed by atoms with Crippen LogP contribution < -0.4 is 14.7 Å². The third-order valence-electron chi connectivity index (χ3n) is 5.47. The lowest BCUT2D eigenvalue weighted by molar-refractivity contribution is -0.919. The van der Waals surface area contributed by atoms with Gasteiger partial charge in [0.1, 0.15) is 12.3 Å². The van der Waals surface area contributed by atoms with Crippen LogP contribution >= 0.6 is 11.3 Å². The average Bonchev–Trinajstić information content (AvgIpc) is 3.17. The highest BCUT2D eigenvalue weighted by Gasteiger charge is 2.31. The number of allylic oxidation sites excluding steroid dienone is 1. The normalized spacial score (nSPS) is 23.9. The molecule has 1 N–H and O–H groups in total. The zero-order valence-corrected chi connectivity index (χ0v) is 15.9. The van der Waals surface area contributed by atoms with E-state index in [-0.39, 0.29) is 11.5 Å². The van der Waals surface area contributed by atoms with Crippen molar-refractivity contribution in [3.63, 3.8) is 0 Å². The topological polar surface area (TPSA) is 53.8 Å². The Labute approximate surface area is 157 Å². The number of benzene rings is 1. The van der Waals surface area contributed by atoms with Gasteiger partial charge in [-0.15, -0.1) is 11.3 Å². The first-order chi connectivity index (χ1) is 12.5. The zero-order chi connectivity index (χ0) is 18.3. The van der Waals surface area contributed by atoms with E-state index in [1.807, 2.05) is 18.4 Å². The number of piperidine rings is 1. The average molecular weight is 369 g/mol. The Kier molecular flexibility index (Phi) is 4.59. The number of aryl methyl sites for hydroxylation is 1. The number of ether oxygens (including phenoxy) is 1. The minimum atomic E-state index is -0.128. The number of quaternary nitrogens is 1. The molecule has 0 radical (unpaired) electrons. The number of fused-ring (bicyclic) bond motifs is 1. The standard InChI is InChI=1S/C21H23NO3S/c1-13-5-8-22(9-6-13)12-16-17(23)4-3-15-20(24)18(25-21(15)16)11-19-14(2)7-10-26-19/h3-4,7,10-11,13,23H,5-6,8-9,12H2,1-2H3/b18-11-. The molecular weight excluding hydrogens is 346 g/mol. The number of Topliss-reactive ketones (excluding diaryl/α,β-unsaturated/α-hetero) is 1. The van der Waals surface area contributed by atoms with E-state index in [1.54, 1.807) is 23.5 Å². The predicted octanol–water partition coefficient (Wildman–Crippen LogP) is 2.56. The number of ketones is 1. The van der Waals surface area contributed by atoms with Crippen molar-refractivity contribution in [3.8, 4) is 11.5 Å². The van der Waals surface area contributed by atoms with Crippen LogP contribution in [0.1, 0.15) is 46.1 Å². The van der Waals surface area contributed by atoms with Gasteiger partial charge in [-0.25, -0.2) is 0 Å². The van der Waals surface area contributed by atoms with Gasteiger partial charge in [-0.2, -0.15) is 0 Å². The molecule has 0 amide bonds. The number of thiophene rings is 1. The molecule has 1 saturated heterocycles. The quantitative estimate of drug-likeness (QED) is 0.846. The highest BCUT2D eigenvalue weighted by atomic mass is 32.1. The van der Waals surface area contributed by atoms with Crippen molar-refractivity contribution in [2.45, 2.75) is 33.2 Å². The molecule has 4 nitrogen and oxygen atoms in total. The maximum Gasteiger partial charge on any atom is 0.232 e. The minimum absolute atomic E-state index is 0.0313.